The van der Waals surface area contributed by atoms with E-state index in [0.717, 1.165) is 41.9 Å². The van der Waals surface area contributed by atoms with Crippen molar-refractivity contribution in [3.05, 3.63) is 77.0 Å². The number of unbranched alkanes of at least 4 members (excludes halogenated alkanes) is 1. The molecular formula is C27H28F3NO4S. The highest BCUT2D eigenvalue weighted by Crippen LogP contribution is 2.33. The number of aryl methyl sites for hydroxylation is 2. The van der Waals surface area contributed by atoms with E-state index in [1.165, 1.54) is 23.9 Å². The molecule has 3 rings (SSSR count). The fourth-order valence-corrected chi connectivity index (χ4v) is 4.35. The van der Waals surface area contributed by atoms with Gasteiger partial charge in [0.1, 0.15) is 11.5 Å². The molecular weight excluding hydrogens is 491 g/mol. The molecule has 5 nitrogen and oxygen atoms in total. The Morgan fingerprint density at radius 3 is 2.47 bits per heavy atom. The Kier molecular flexibility index (Phi) is 9.64. The van der Waals surface area contributed by atoms with E-state index in [1.807, 2.05) is 18.2 Å². The SMILES string of the molecule is CCCCc1oc(-c2ccc(C(F)(F)F)cc2)cc1CCC(=O)Nc1cccc(CSCC(=O)O)c1. The highest BCUT2D eigenvalue weighted by molar-refractivity contribution is 7.99. The Labute approximate surface area is 212 Å². The van der Waals surface area contributed by atoms with Crippen LogP contribution in [-0.4, -0.2) is 22.7 Å². The van der Waals surface area contributed by atoms with Crippen molar-refractivity contribution >= 4 is 29.3 Å². The molecule has 3 aromatic rings. The third kappa shape index (κ3) is 8.19. The summed E-state index contributed by atoms with van der Waals surface area (Å²) in [4.78, 5) is 23.3. The van der Waals surface area contributed by atoms with Crippen LogP contribution < -0.4 is 5.32 Å². The molecule has 0 spiro atoms. The van der Waals surface area contributed by atoms with Gasteiger partial charge in [0.05, 0.1) is 11.3 Å². The maximum absolute atomic E-state index is 12.9. The van der Waals surface area contributed by atoms with Gasteiger partial charge in [0.15, 0.2) is 0 Å². The van der Waals surface area contributed by atoms with Crippen molar-refractivity contribution in [2.24, 2.45) is 0 Å². The van der Waals surface area contributed by atoms with Crippen LogP contribution in [0.3, 0.4) is 0 Å². The molecule has 0 radical (unpaired) electrons. The average Bonchev–Trinajstić information content (AvgIpc) is 3.24. The first-order valence-corrected chi connectivity index (χ1v) is 12.8. The minimum atomic E-state index is -4.40. The fraction of sp³-hybridized carbons (Fsp3) is 0.333. The first-order valence-electron chi connectivity index (χ1n) is 11.6. The number of benzene rings is 2. The number of aliphatic carboxylic acids is 1. The minimum Gasteiger partial charge on any atom is -0.481 e. The van der Waals surface area contributed by atoms with Gasteiger partial charge in [0.2, 0.25) is 5.91 Å². The van der Waals surface area contributed by atoms with Crippen molar-refractivity contribution in [3.8, 4) is 11.3 Å². The van der Waals surface area contributed by atoms with Crippen molar-refractivity contribution in [1.29, 1.82) is 0 Å². The summed E-state index contributed by atoms with van der Waals surface area (Å²) >= 11 is 1.28. The van der Waals surface area contributed by atoms with Crippen molar-refractivity contribution in [2.75, 3.05) is 11.1 Å². The zero-order valence-electron chi connectivity index (χ0n) is 19.9. The zero-order chi connectivity index (χ0) is 26.1. The van der Waals surface area contributed by atoms with Gasteiger partial charge in [0.25, 0.3) is 0 Å². The molecule has 2 aromatic carbocycles. The number of hydrogen-bond acceptors (Lipinski definition) is 4. The van der Waals surface area contributed by atoms with Crippen molar-refractivity contribution in [3.63, 3.8) is 0 Å². The monoisotopic (exact) mass is 519 g/mol. The molecule has 0 bridgehead atoms. The number of thioether (sulfide) groups is 1. The van der Waals surface area contributed by atoms with Gasteiger partial charge in [-0.2, -0.15) is 13.2 Å². The molecule has 2 N–H and O–H groups in total. The summed E-state index contributed by atoms with van der Waals surface area (Å²) < 4.78 is 44.6. The molecule has 0 aliphatic heterocycles. The Hall–Kier alpha value is -3.20. The van der Waals surface area contributed by atoms with Crippen LogP contribution in [0, 0.1) is 0 Å². The summed E-state index contributed by atoms with van der Waals surface area (Å²) in [5.41, 5.74) is 2.25. The highest BCUT2D eigenvalue weighted by atomic mass is 32.2. The number of carboxylic acids is 1. The summed E-state index contributed by atoms with van der Waals surface area (Å²) in [5.74, 6) is 0.718. The lowest BCUT2D eigenvalue weighted by molar-refractivity contribution is -0.137. The lowest BCUT2D eigenvalue weighted by atomic mass is 10.0. The Morgan fingerprint density at radius 1 is 1.06 bits per heavy atom. The summed E-state index contributed by atoms with van der Waals surface area (Å²) in [6.07, 6.45) is -1.22. The first kappa shape index (κ1) is 27.4. The lowest BCUT2D eigenvalue weighted by Gasteiger charge is -2.07. The van der Waals surface area contributed by atoms with Crippen LogP contribution in [0.1, 0.15) is 48.6 Å². The van der Waals surface area contributed by atoms with Crippen LogP contribution >= 0.6 is 11.8 Å². The summed E-state index contributed by atoms with van der Waals surface area (Å²) in [5, 5.41) is 11.6. The molecule has 9 heteroatoms. The zero-order valence-corrected chi connectivity index (χ0v) is 20.7. The van der Waals surface area contributed by atoms with E-state index in [-0.39, 0.29) is 18.1 Å². The maximum atomic E-state index is 12.9. The van der Waals surface area contributed by atoms with E-state index in [0.29, 0.717) is 35.6 Å². The molecule has 0 saturated heterocycles. The number of alkyl halides is 3. The van der Waals surface area contributed by atoms with Crippen LogP contribution in [-0.2, 0) is 34.4 Å². The number of rotatable bonds is 12. The molecule has 192 valence electrons. The van der Waals surface area contributed by atoms with Gasteiger partial charge in [-0.05, 0) is 54.3 Å². The van der Waals surface area contributed by atoms with E-state index in [4.69, 9.17) is 9.52 Å². The average molecular weight is 520 g/mol. The number of halogens is 3. The third-order valence-corrected chi connectivity index (χ3v) is 6.47. The van der Waals surface area contributed by atoms with Gasteiger partial charge in [-0.25, -0.2) is 0 Å². The van der Waals surface area contributed by atoms with Gasteiger partial charge in [0, 0.05) is 29.8 Å². The van der Waals surface area contributed by atoms with Gasteiger partial charge >= 0.3 is 12.1 Å². The topological polar surface area (TPSA) is 79.5 Å². The maximum Gasteiger partial charge on any atom is 0.416 e. The van der Waals surface area contributed by atoms with Gasteiger partial charge < -0.3 is 14.8 Å². The van der Waals surface area contributed by atoms with E-state index in [9.17, 15) is 22.8 Å². The van der Waals surface area contributed by atoms with Gasteiger partial charge in [-0.3, -0.25) is 9.59 Å². The van der Waals surface area contributed by atoms with Crippen molar-refractivity contribution < 1.29 is 32.3 Å². The first-order chi connectivity index (χ1) is 17.2. The Balaban J connectivity index is 1.65. The van der Waals surface area contributed by atoms with Crippen molar-refractivity contribution in [1.82, 2.24) is 0 Å². The molecule has 0 fully saturated rings. The second kappa shape index (κ2) is 12.7. The predicted molar refractivity (Wildman–Crippen MR) is 135 cm³/mol. The molecule has 0 aliphatic rings. The molecule has 0 aliphatic carbocycles. The molecule has 0 saturated carbocycles. The quantitative estimate of drug-likeness (QED) is 0.265. The lowest BCUT2D eigenvalue weighted by Crippen LogP contribution is -2.12. The number of amides is 1. The molecule has 1 heterocycles. The normalized spacial score (nSPS) is 11.4. The van der Waals surface area contributed by atoms with E-state index in [1.54, 1.807) is 12.1 Å². The Morgan fingerprint density at radius 2 is 1.81 bits per heavy atom. The summed E-state index contributed by atoms with van der Waals surface area (Å²) in [6.45, 7) is 2.06. The van der Waals surface area contributed by atoms with Crippen LogP contribution in [0.5, 0.6) is 0 Å². The van der Waals surface area contributed by atoms with Crippen LogP contribution in [0.25, 0.3) is 11.3 Å². The largest absolute Gasteiger partial charge is 0.481 e. The van der Waals surface area contributed by atoms with Gasteiger partial charge in [-0.15, -0.1) is 11.8 Å². The number of carboxylic acid groups (broad SMARTS) is 1. The number of carbonyl (C=O) groups excluding carboxylic acids is 1. The van der Waals surface area contributed by atoms with Crippen LogP contribution in [0.2, 0.25) is 0 Å². The van der Waals surface area contributed by atoms with E-state index >= 15 is 0 Å². The standard InChI is InChI=1S/C27H28F3NO4S/c1-2-3-7-23-20(15-24(35-23)19-8-11-21(12-9-19)27(28,29)30)10-13-25(32)31-22-6-4-5-18(14-22)16-36-17-26(33)34/h4-6,8-9,11-12,14-15H,2-3,7,10,13,16-17H2,1H3,(H,31,32)(H,33,34). The number of nitrogens with one attached hydrogen (secondary N) is 1. The number of hydrogen-bond donors (Lipinski definition) is 2. The van der Waals surface area contributed by atoms with Crippen LogP contribution in [0.4, 0.5) is 18.9 Å². The predicted octanol–water partition coefficient (Wildman–Crippen LogP) is 7.20. The fourth-order valence-electron chi connectivity index (χ4n) is 3.66. The molecule has 1 aromatic heterocycles. The third-order valence-electron chi connectivity index (χ3n) is 5.48. The highest BCUT2D eigenvalue weighted by Gasteiger charge is 2.30. The second-order valence-electron chi connectivity index (χ2n) is 8.37. The Bertz CT molecular complexity index is 1170. The van der Waals surface area contributed by atoms with Crippen molar-refractivity contribution in [2.45, 2.75) is 51.0 Å². The molecule has 36 heavy (non-hydrogen) atoms. The van der Waals surface area contributed by atoms with E-state index in [2.05, 4.69) is 12.2 Å². The summed E-state index contributed by atoms with van der Waals surface area (Å²) in [6, 6.07) is 13.9. The number of furan rings is 1. The molecule has 1 amide bonds. The second-order valence-corrected chi connectivity index (χ2v) is 9.36. The minimum absolute atomic E-state index is 0.0100. The number of carbonyl (C=O) groups is 2. The smallest absolute Gasteiger partial charge is 0.416 e. The van der Waals surface area contributed by atoms with Crippen LogP contribution in [0.15, 0.2) is 59.0 Å². The van der Waals surface area contributed by atoms with E-state index < -0.39 is 17.7 Å². The summed E-state index contributed by atoms with van der Waals surface area (Å²) in [7, 11) is 0. The molecule has 0 unspecified atom stereocenters. The molecule has 0 atom stereocenters. The number of anilines is 1. The van der Waals surface area contributed by atoms with Gasteiger partial charge in [-0.1, -0.05) is 37.6 Å².